The lowest BCUT2D eigenvalue weighted by Gasteiger charge is -2.36. The largest absolute Gasteiger partial charge is 0.375 e. The number of aliphatic imine (C=N–C) groups is 1. The zero-order chi connectivity index (χ0) is 18.5. The summed E-state index contributed by atoms with van der Waals surface area (Å²) in [6, 6.07) is 6.60. The molecule has 2 N–H and O–H groups in total. The Labute approximate surface area is 157 Å². The molecule has 26 heavy (non-hydrogen) atoms. The lowest BCUT2D eigenvalue weighted by molar-refractivity contribution is 0.119. The maximum absolute atomic E-state index is 13.0. The number of methoxy groups -OCH3 is 1. The normalized spacial score (nSPS) is 16.8. The van der Waals surface area contributed by atoms with Crippen LogP contribution < -0.4 is 10.6 Å². The van der Waals surface area contributed by atoms with Gasteiger partial charge in [-0.3, -0.25) is 0 Å². The van der Waals surface area contributed by atoms with E-state index in [1.165, 1.54) is 12.1 Å². The maximum Gasteiger partial charge on any atom is 0.191 e. The summed E-state index contributed by atoms with van der Waals surface area (Å²) < 4.78 is 18.3. The number of rotatable bonds is 5. The second kappa shape index (κ2) is 8.46. The molecule has 1 aliphatic rings. The SMILES string of the molecule is COC(C)c1nc(CN=C(N)N2CCN(c3ccc(F)cc3)CC2)cs1. The summed E-state index contributed by atoms with van der Waals surface area (Å²) >= 11 is 1.58. The van der Waals surface area contributed by atoms with Gasteiger partial charge in [-0.25, -0.2) is 14.4 Å². The van der Waals surface area contributed by atoms with E-state index in [4.69, 9.17) is 10.5 Å². The van der Waals surface area contributed by atoms with Crippen molar-refractivity contribution in [3.63, 3.8) is 0 Å². The Morgan fingerprint density at radius 2 is 2.00 bits per heavy atom. The molecule has 0 spiro atoms. The quantitative estimate of drug-likeness (QED) is 0.641. The Hall–Kier alpha value is -2.19. The molecule has 0 radical (unpaired) electrons. The van der Waals surface area contributed by atoms with Crippen LogP contribution in [0.4, 0.5) is 10.1 Å². The molecule has 3 rings (SSSR count). The predicted octanol–water partition coefficient (Wildman–Crippen LogP) is 2.63. The highest BCUT2D eigenvalue weighted by molar-refractivity contribution is 7.09. The van der Waals surface area contributed by atoms with Crippen molar-refractivity contribution in [3.8, 4) is 0 Å². The first-order chi connectivity index (χ1) is 12.6. The summed E-state index contributed by atoms with van der Waals surface area (Å²) in [4.78, 5) is 13.3. The van der Waals surface area contributed by atoms with Crippen molar-refractivity contribution in [1.82, 2.24) is 9.88 Å². The Kier molecular flexibility index (Phi) is 6.05. The van der Waals surface area contributed by atoms with Crippen molar-refractivity contribution < 1.29 is 9.13 Å². The molecule has 0 bridgehead atoms. The summed E-state index contributed by atoms with van der Waals surface area (Å²) in [5.74, 6) is 0.326. The second-order valence-corrected chi connectivity index (χ2v) is 7.07. The highest BCUT2D eigenvalue weighted by Crippen LogP contribution is 2.21. The van der Waals surface area contributed by atoms with Crippen LogP contribution in [-0.4, -0.2) is 49.1 Å². The van der Waals surface area contributed by atoms with Crippen molar-refractivity contribution in [1.29, 1.82) is 0 Å². The summed E-state index contributed by atoms with van der Waals surface area (Å²) in [6.45, 7) is 5.67. The van der Waals surface area contributed by atoms with Crippen molar-refractivity contribution in [2.75, 3.05) is 38.2 Å². The fraction of sp³-hybridized carbons (Fsp3) is 0.444. The van der Waals surface area contributed by atoms with Gasteiger partial charge in [0, 0.05) is 44.4 Å². The molecule has 2 heterocycles. The number of guanidine groups is 1. The number of hydrogen-bond donors (Lipinski definition) is 1. The van der Waals surface area contributed by atoms with E-state index >= 15 is 0 Å². The molecule has 1 aromatic heterocycles. The van der Waals surface area contributed by atoms with E-state index in [0.29, 0.717) is 12.5 Å². The molecule has 0 amide bonds. The lowest BCUT2D eigenvalue weighted by Crippen LogP contribution is -2.51. The number of halogens is 1. The van der Waals surface area contributed by atoms with Gasteiger partial charge in [-0.15, -0.1) is 11.3 Å². The highest BCUT2D eigenvalue weighted by Gasteiger charge is 2.18. The van der Waals surface area contributed by atoms with Gasteiger partial charge < -0.3 is 20.3 Å². The first-order valence-electron chi connectivity index (χ1n) is 8.59. The Bertz CT molecular complexity index is 740. The number of anilines is 1. The van der Waals surface area contributed by atoms with Crippen LogP contribution in [0.25, 0.3) is 0 Å². The summed E-state index contributed by atoms with van der Waals surface area (Å²) in [6.07, 6.45) is -0.00499. The number of ether oxygens (including phenoxy) is 1. The van der Waals surface area contributed by atoms with E-state index in [9.17, 15) is 4.39 Å². The van der Waals surface area contributed by atoms with E-state index in [2.05, 4.69) is 19.8 Å². The smallest absolute Gasteiger partial charge is 0.191 e. The number of piperazine rings is 1. The van der Waals surface area contributed by atoms with E-state index in [1.807, 2.05) is 24.4 Å². The van der Waals surface area contributed by atoms with Gasteiger partial charge >= 0.3 is 0 Å². The molecular weight excluding hydrogens is 353 g/mol. The fourth-order valence-electron chi connectivity index (χ4n) is 2.79. The number of hydrogen-bond acceptors (Lipinski definition) is 5. The monoisotopic (exact) mass is 377 g/mol. The van der Waals surface area contributed by atoms with Crippen LogP contribution in [0.15, 0.2) is 34.6 Å². The van der Waals surface area contributed by atoms with Crippen molar-refractivity contribution in [3.05, 3.63) is 46.2 Å². The van der Waals surface area contributed by atoms with Gasteiger partial charge in [0.15, 0.2) is 5.96 Å². The van der Waals surface area contributed by atoms with Crippen LogP contribution in [-0.2, 0) is 11.3 Å². The van der Waals surface area contributed by atoms with Gasteiger partial charge in [0.25, 0.3) is 0 Å². The van der Waals surface area contributed by atoms with Crippen LogP contribution in [0, 0.1) is 5.82 Å². The average Bonchev–Trinajstić information content (AvgIpc) is 3.15. The molecule has 1 saturated heterocycles. The molecule has 140 valence electrons. The molecule has 1 aliphatic heterocycles. The van der Waals surface area contributed by atoms with Crippen molar-refractivity contribution in [2.45, 2.75) is 19.6 Å². The summed E-state index contributed by atoms with van der Waals surface area (Å²) in [5.41, 5.74) is 8.09. The van der Waals surface area contributed by atoms with Crippen LogP contribution in [0.1, 0.15) is 23.7 Å². The zero-order valence-corrected chi connectivity index (χ0v) is 15.9. The van der Waals surface area contributed by atoms with E-state index in [1.54, 1.807) is 18.4 Å². The number of nitrogens with two attached hydrogens (primary N) is 1. The second-order valence-electron chi connectivity index (χ2n) is 6.18. The minimum atomic E-state index is -0.214. The minimum absolute atomic E-state index is 0.00499. The van der Waals surface area contributed by atoms with Crippen LogP contribution >= 0.6 is 11.3 Å². The topological polar surface area (TPSA) is 67.0 Å². The van der Waals surface area contributed by atoms with Gasteiger partial charge in [0.1, 0.15) is 16.9 Å². The molecule has 6 nitrogen and oxygen atoms in total. The lowest BCUT2D eigenvalue weighted by atomic mass is 10.2. The molecular formula is C18H24FN5OS. The minimum Gasteiger partial charge on any atom is -0.375 e. The van der Waals surface area contributed by atoms with Gasteiger partial charge in [-0.05, 0) is 31.2 Å². The standard InChI is InChI=1S/C18H24FN5OS/c1-13(25-2)17-22-15(12-26-17)11-21-18(20)24-9-7-23(8-10-24)16-5-3-14(19)4-6-16/h3-6,12-13H,7-11H2,1-2H3,(H2,20,21). The third-order valence-corrected chi connectivity index (χ3v) is 5.52. The first-order valence-corrected chi connectivity index (χ1v) is 9.47. The van der Waals surface area contributed by atoms with Crippen LogP contribution in [0.3, 0.4) is 0 Å². The molecule has 1 unspecified atom stereocenters. The van der Waals surface area contributed by atoms with Crippen molar-refractivity contribution in [2.24, 2.45) is 10.7 Å². The van der Waals surface area contributed by atoms with E-state index < -0.39 is 0 Å². The molecule has 1 aromatic carbocycles. The van der Waals surface area contributed by atoms with Gasteiger partial charge in [0.05, 0.1) is 12.2 Å². The van der Waals surface area contributed by atoms with E-state index in [0.717, 1.165) is 42.6 Å². The fourth-order valence-corrected chi connectivity index (χ4v) is 3.63. The van der Waals surface area contributed by atoms with E-state index in [-0.39, 0.29) is 11.9 Å². The first kappa shape index (κ1) is 18.6. The molecule has 2 aromatic rings. The molecule has 0 aliphatic carbocycles. The third-order valence-electron chi connectivity index (χ3n) is 4.47. The maximum atomic E-state index is 13.0. The average molecular weight is 377 g/mol. The summed E-state index contributed by atoms with van der Waals surface area (Å²) in [7, 11) is 1.67. The molecule has 1 atom stereocenters. The highest BCUT2D eigenvalue weighted by atomic mass is 32.1. The van der Waals surface area contributed by atoms with Gasteiger partial charge in [-0.1, -0.05) is 0 Å². The predicted molar refractivity (Wildman–Crippen MR) is 103 cm³/mol. The van der Waals surface area contributed by atoms with Crippen molar-refractivity contribution >= 4 is 23.0 Å². The number of thiazole rings is 1. The zero-order valence-electron chi connectivity index (χ0n) is 15.1. The number of aromatic nitrogens is 1. The van der Waals surface area contributed by atoms with Gasteiger partial charge in [-0.2, -0.15) is 0 Å². The van der Waals surface area contributed by atoms with Gasteiger partial charge in [0.2, 0.25) is 0 Å². The third kappa shape index (κ3) is 4.50. The molecule has 0 saturated carbocycles. The number of nitrogens with zero attached hydrogens (tertiary/aromatic N) is 4. The summed E-state index contributed by atoms with van der Waals surface area (Å²) in [5, 5.41) is 2.94. The van der Waals surface area contributed by atoms with Crippen LogP contribution in [0.2, 0.25) is 0 Å². The Morgan fingerprint density at radius 3 is 2.65 bits per heavy atom. The van der Waals surface area contributed by atoms with Crippen LogP contribution in [0.5, 0.6) is 0 Å². The Balaban J connectivity index is 1.52. The molecule has 1 fully saturated rings. The Morgan fingerprint density at radius 1 is 1.31 bits per heavy atom. The number of benzene rings is 1. The molecule has 8 heteroatoms.